The van der Waals surface area contributed by atoms with Crippen LogP contribution in [0, 0.1) is 6.92 Å². The molecule has 0 spiro atoms. The third-order valence-corrected chi connectivity index (χ3v) is 4.10. The van der Waals surface area contributed by atoms with Gasteiger partial charge in [-0.3, -0.25) is 0 Å². The lowest BCUT2D eigenvalue weighted by atomic mass is 9.84. The monoisotopic (exact) mass is 258 g/mol. The van der Waals surface area contributed by atoms with E-state index in [0.29, 0.717) is 0 Å². The second-order valence-corrected chi connectivity index (χ2v) is 7.01. The van der Waals surface area contributed by atoms with Gasteiger partial charge in [-0.1, -0.05) is 26.8 Å². The van der Waals surface area contributed by atoms with Gasteiger partial charge in [-0.2, -0.15) is 0 Å². The van der Waals surface area contributed by atoms with E-state index in [1.165, 1.54) is 27.7 Å². The minimum atomic E-state index is -0.0289. The predicted molar refractivity (Wildman–Crippen MR) is 83.8 cm³/mol. The molecule has 1 aromatic heterocycles. The number of rotatable bonds is 2. The highest BCUT2D eigenvalue weighted by atomic mass is 14.9. The average Bonchev–Trinajstić information content (AvgIpc) is 2.63. The molecule has 2 rings (SSSR count). The van der Waals surface area contributed by atoms with Gasteiger partial charge in [-0.05, 0) is 56.5 Å². The van der Waals surface area contributed by atoms with Crippen molar-refractivity contribution >= 4 is 10.9 Å². The molecule has 0 fully saturated rings. The Hall–Kier alpha value is -1.28. The van der Waals surface area contributed by atoms with Crippen LogP contribution in [0.5, 0.6) is 0 Å². The van der Waals surface area contributed by atoms with Gasteiger partial charge in [0.1, 0.15) is 0 Å². The summed E-state index contributed by atoms with van der Waals surface area (Å²) in [5.41, 5.74) is 5.38. The molecule has 2 N–H and O–H groups in total. The van der Waals surface area contributed by atoms with Crippen molar-refractivity contribution in [2.75, 3.05) is 7.05 Å². The van der Waals surface area contributed by atoms with Gasteiger partial charge in [-0.15, -0.1) is 0 Å². The highest BCUT2D eigenvalue weighted by Gasteiger charge is 2.25. The van der Waals surface area contributed by atoms with E-state index in [1.807, 2.05) is 7.05 Å². The number of H-pyrrole nitrogens is 1. The number of nitrogens with one attached hydrogen (secondary N) is 2. The standard InChI is InChI=1S/C17H26N2/c1-11-15(17(5,6)18-7)13-10-12(16(2,3)4)8-9-14(13)19-11/h8-10,18-19H,1-7H3. The smallest absolute Gasteiger partial charge is 0.0459 e. The first-order valence-corrected chi connectivity index (χ1v) is 6.99. The van der Waals surface area contributed by atoms with Crippen LogP contribution in [0.3, 0.4) is 0 Å². The zero-order valence-corrected chi connectivity index (χ0v) is 13.2. The van der Waals surface area contributed by atoms with Crippen LogP contribution >= 0.6 is 0 Å². The molecule has 0 aliphatic carbocycles. The lowest BCUT2D eigenvalue weighted by Crippen LogP contribution is -2.33. The van der Waals surface area contributed by atoms with Crippen molar-refractivity contribution in [2.45, 2.75) is 52.5 Å². The molecule has 0 amide bonds. The maximum atomic E-state index is 3.51. The van der Waals surface area contributed by atoms with Gasteiger partial charge in [0.25, 0.3) is 0 Å². The molecule has 2 heteroatoms. The van der Waals surface area contributed by atoms with Gasteiger partial charge in [0.15, 0.2) is 0 Å². The molecule has 1 aromatic carbocycles. The van der Waals surface area contributed by atoms with Crippen LogP contribution in [0.1, 0.15) is 51.4 Å². The summed E-state index contributed by atoms with van der Waals surface area (Å²) in [7, 11) is 2.02. The highest BCUT2D eigenvalue weighted by molar-refractivity contribution is 5.86. The maximum Gasteiger partial charge on any atom is 0.0459 e. The Morgan fingerprint density at radius 3 is 2.21 bits per heavy atom. The van der Waals surface area contributed by atoms with E-state index in [0.717, 1.165) is 0 Å². The number of aromatic nitrogens is 1. The van der Waals surface area contributed by atoms with E-state index >= 15 is 0 Å². The van der Waals surface area contributed by atoms with Crippen LogP contribution in [0.2, 0.25) is 0 Å². The number of fused-ring (bicyclic) bond motifs is 1. The van der Waals surface area contributed by atoms with Crippen LogP contribution in [-0.4, -0.2) is 12.0 Å². The van der Waals surface area contributed by atoms with E-state index in [-0.39, 0.29) is 11.0 Å². The lowest BCUT2D eigenvalue weighted by Gasteiger charge is -2.26. The fourth-order valence-corrected chi connectivity index (χ4v) is 2.72. The van der Waals surface area contributed by atoms with Crippen molar-refractivity contribution < 1.29 is 0 Å². The first kappa shape index (κ1) is 14.1. The van der Waals surface area contributed by atoms with E-state index in [4.69, 9.17) is 0 Å². The van der Waals surface area contributed by atoms with E-state index in [9.17, 15) is 0 Å². The van der Waals surface area contributed by atoms with Gasteiger partial charge in [0, 0.05) is 22.1 Å². The Morgan fingerprint density at radius 1 is 1.05 bits per heavy atom. The Morgan fingerprint density at radius 2 is 1.68 bits per heavy atom. The summed E-state index contributed by atoms with van der Waals surface area (Å²) in [6.07, 6.45) is 0. The SMILES string of the molecule is CNC(C)(C)c1c(C)[nH]c2ccc(C(C)(C)C)cc12. The molecule has 0 unspecified atom stereocenters. The zero-order chi connectivity index (χ0) is 14.4. The molecular weight excluding hydrogens is 232 g/mol. The normalized spacial score (nSPS) is 13.2. The molecule has 0 radical (unpaired) electrons. The van der Waals surface area contributed by atoms with Crippen molar-refractivity contribution in [2.24, 2.45) is 0 Å². The summed E-state index contributed by atoms with van der Waals surface area (Å²) >= 11 is 0. The number of benzene rings is 1. The Kier molecular flexibility index (Phi) is 3.26. The fourth-order valence-electron chi connectivity index (χ4n) is 2.72. The molecule has 0 atom stereocenters. The summed E-state index contributed by atoms with van der Waals surface area (Å²) in [4.78, 5) is 3.51. The molecule has 0 bridgehead atoms. The largest absolute Gasteiger partial charge is 0.358 e. The first-order chi connectivity index (χ1) is 8.66. The minimum Gasteiger partial charge on any atom is -0.358 e. The van der Waals surface area contributed by atoms with Crippen molar-refractivity contribution in [3.8, 4) is 0 Å². The van der Waals surface area contributed by atoms with Crippen LogP contribution in [0.15, 0.2) is 18.2 Å². The Labute approximate surface area is 116 Å². The summed E-state index contributed by atoms with van der Waals surface area (Å²) in [5.74, 6) is 0. The van der Waals surface area contributed by atoms with E-state index in [2.05, 4.69) is 70.0 Å². The van der Waals surface area contributed by atoms with E-state index in [1.54, 1.807) is 0 Å². The lowest BCUT2D eigenvalue weighted by molar-refractivity contribution is 0.446. The predicted octanol–water partition coefficient (Wildman–Crippen LogP) is 4.23. The van der Waals surface area contributed by atoms with Crippen LogP contribution in [0.4, 0.5) is 0 Å². The summed E-state index contributed by atoms with van der Waals surface area (Å²) in [6.45, 7) is 13.4. The van der Waals surface area contributed by atoms with Gasteiger partial charge in [-0.25, -0.2) is 0 Å². The third kappa shape index (κ3) is 2.42. The summed E-state index contributed by atoms with van der Waals surface area (Å²) < 4.78 is 0. The second-order valence-electron chi connectivity index (χ2n) is 7.01. The molecular formula is C17H26N2. The van der Waals surface area contributed by atoms with Crippen LogP contribution in [-0.2, 0) is 11.0 Å². The number of hydrogen-bond acceptors (Lipinski definition) is 1. The fraction of sp³-hybridized carbons (Fsp3) is 0.529. The Bertz CT molecular complexity index is 597. The number of hydrogen-bond donors (Lipinski definition) is 2. The van der Waals surface area contributed by atoms with Gasteiger partial charge in [0.2, 0.25) is 0 Å². The summed E-state index contributed by atoms with van der Waals surface area (Å²) in [5, 5.41) is 4.75. The molecule has 19 heavy (non-hydrogen) atoms. The topological polar surface area (TPSA) is 27.8 Å². The van der Waals surface area contributed by atoms with Crippen LogP contribution in [0.25, 0.3) is 10.9 Å². The Balaban J connectivity index is 2.74. The number of aryl methyl sites for hydroxylation is 1. The zero-order valence-electron chi connectivity index (χ0n) is 13.2. The van der Waals surface area contributed by atoms with Gasteiger partial charge >= 0.3 is 0 Å². The van der Waals surface area contributed by atoms with Crippen molar-refractivity contribution in [1.29, 1.82) is 0 Å². The molecule has 2 aromatic rings. The quantitative estimate of drug-likeness (QED) is 0.829. The maximum absolute atomic E-state index is 3.51. The molecule has 1 heterocycles. The van der Waals surface area contributed by atoms with Gasteiger partial charge in [0.05, 0.1) is 0 Å². The minimum absolute atomic E-state index is 0.0289. The van der Waals surface area contributed by atoms with Crippen molar-refractivity contribution in [1.82, 2.24) is 10.3 Å². The molecule has 0 saturated heterocycles. The molecule has 2 nitrogen and oxygen atoms in total. The molecule has 0 aliphatic rings. The first-order valence-electron chi connectivity index (χ1n) is 6.99. The molecule has 104 valence electrons. The van der Waals surface area contributed by atoms with E-state index < -0.39 is 0 Å². The number of aromatic amines is 1. The molecule has 0 aliphatic heterocycles. The van der Waals surface area contributed by atoms with Crippen molar-refractivity contribution in [3.63, 3.8) is 0 Å². The van der Waals surface area contributed by atoms with Crippen molar-refractivity contribution in [3.05, 3.63) is 35.0 Å². The highest BCUT2D eigenvalue weighted by Crippen LogP contribution is 2.34. The third-order valence-electron chi connectivity index (χ3n) is 4.10. The summed E-state index contributed by atoms with van der Waals surface area (Å²) in [6, 6.07) is 6.78. The second kappa shape index (κ2) is 4.38. The average molecular weight is 258 g/mol. The van der Waals surface area contributed by atoms with Crippen LogP contribution < -0.4 is 5.32 Å². The van der Waals surface area contributed by atoms with Gasteiger partial charge < -0.3 is 10.3 Å². The molecule has 0 saturated carbocycles.